The first-order valence-corrected chi connectivity index (χ1v) is 8.77. The Hall–Kier alpha value is -2.64. The number of carbonyl (C=O) groups excluding carboxylic acids is 3. The predicted molar refractivity (Wildman–Crippen MR) is 93.8 cm³/mol. The zero-order valence-corrected chi connectivity index (χ0v) is 14.8. The van der Waals surface area contributed by atoms with Crippen molar-refractivity contribution in [3.8, 4) is 0 Å². The highest BCUT2D eigenvalue weighted by Crippen LogP contribution is 2.24. The second-order valence-electron chi connectivity index (χ2n) is 7.24. The van der Waals surface area contributed by atoms with E-state index in [1.54, 1.807) is 4.90 Å². The summed E-state index contributed by atoms with van der Waals surface area (Å²) in [7, 11) is 0. The van der Waals surface area contributed by atoms with Gasteiger partial charge in [0.05, 0.1) is 6.04 Å². The summed E-state index contributed by atoms with van der Waals surface area (Å²) in [5, 5.41) is 8.19. The number of halogens is 1. The largest absolute Gasteiger partial charge is 0.342 e. The van der Waals surface area contributed by atoms with Gasteiger partial charge in [-0.3, -0.25) is 9.59 Å². The fraction of sp³-hybridized carbons (Fsp3) is 0.500. The number of amides is 4. The maximum atomic E-state index is 12.9. The third-order valence-electron chi connectivity index (χ3n) is 4.65. The summed E-state index contributed by atoms with van der Waals surface area (Å²) in [5.74, 6) is -0.354. The topological polar surface area (TPSA) is 90.5 Å². The van der Waals surface area contributed by atoms with Gasteiger partial charge in [0.25, 0.3) is 0 Å². The van der Waals surface area contributed by atoms with Crippen molar-refractivity contribution in [2.75, 3.05) is 11.9 Å². The van der Waals surface area contributed by atoms with E-state index < -0.39 is 18.1 Å². The number of hydrogen-bond donors (Lipinski definition) is 3. The molecule has 4 amide bonds. The molecule has 1 aromatic carbocycles. The number of benzene rings is 1. The minimum absolute atomic E-state index is 0.0912. The molecule has 0 aromatic heterocycles. The van der Waals surface area contributed by atoms with Gasteiger partial charge < -0.3 is 20.9 Å². The number of urea groups is 1. The van der Waals surface area contributed by atoms with E-state index in [1.807, 2.05) is 13.8 Å². The molecule has 0 saturated carbocycles. The number of hydrogen-bond acceptors (Lipinski definition) is 3. The molecular formula is C18H23FN4O3. The Labute approximate surface area is 151 Å². The number of piperazine rings is 1. The van der Waals surface area contributed by atoms with Crippen LogP contribution >= 0.6 is 0 Å². The Morgan fingerprint density at radius 3 is 2.65 bits per heavy atom. The molecule has 0 bridgehead atoms. The molecule has 2 aliphatic rings. The Morgan fingerprint density at radius 1 is 1.31 bits per heavy atom. The van der Waals surface area contributed by atoms with Crippen LogP contribution in [0, 0.1) is 11.7 Å². The fourth-order valence-electron chi connectivity index (χ4n) is 3.48. The Kier molecular flexibility index (Phi) is 5.11. The lowest BCUT2D eigenvalue weighted by molar-refractivity contribution is -0.147. The van der Waals surface area contributed by atoms with Crippen LogP contribution in [0.2, 0.25) is 0 Å². The van der Waals surface area contributed by atoms with Crippen molar-refractivity contribution in [1.29, 1.82) is 0 Å². The number of nitrogens with zero attached hydrogens (tertiary/aromatic N) is 1. The molecule has 2 heterocycles. The molecule has 3 N–H and O–H groups in total. The standard InChI is InChI=1S/C18H23FN4O3/c1-10(2)7-14-17(25)23-9-13(8-15(23)16(24)22-14)21-18(26)20-12-5-3-11(19)4-6-12/h3-6,10,13-15H,7-9H2,1-2H3,(H,22,24)(H2,20,21,26)/t13-,14+,15-/m0/s1. The molecule has 26 heavy (non-hydrogen) atoms. The van der Waals surface area contributed by atoms with E-state index in [-0.39, 0.29) is 23.7 Å². The van der Waals surface area contributed by atoms with Gasteiger partial charge in [-0.05, 0) is 43.0 Å². The van der Waals surface area contributed by atoms with Gasteiger partial charge in [0.1, 0.15) is 17.9 Å². The van der Waals surface area contributed by atoms with Crippen LogP contribution < -0.4 is 16.0 Å². The molecule has 3 atom stereocenters. The smallest absolute Gasteiger partial charge is 0.319 e. The van der Waals surface area contributed by atoms with Gasteiger partial charge in [-0.2, -0.15) is 0 Å². The molecule has 0 radical (unpaired) electrons. The van der Waals surface area contributed by atoms with E-state index >= 15 is 0 Å². The van der Waals surface area contributed by atoms with Gasteiger partial charge in [-0.25, -0.2) is 9.18 Å². The van der Waals surface area contributed by atoms with E-state index in [0.717, 1.165) is 0 Å². The number of nitrogens with one attached hydrogen (secondary N) is 3. The number of rotatable bonds is 4. The van der Waals surface area contributed by atoms with Gasteiger partial charge in [-0.1, -0.05) is 13.8 Å². The van der Waals surface area contributed by atoms with Gasteiger partial charge in [0.15, 0.2) is 0 Å². The first-order chi connectivity index (χ1) is 12.3. The minimum Gasteiger partial charge on any atom is -0.342 e. The quantitative estimate of drug-likeness (QED) is 0.757. The van der Waals surface area contributed by atoms with Crippen LogP contribution in [0.25, 0.3) is 0 Å². The fourth-order valence-corrected chi connectivity index (χ4v) is 3.48. The second kappa shape index (κ2) is 7.31. The van der Waals surface area contributed by atoms with E-state index in [1.165, 1.54) is 24.3 Å². The van der Waals surface area contributed by atoms with Crippen LogP contribution in [-0.4, -0.2) is 47.4 Å². The molecule has 1 aromatic rings. The van der Waals surface area contributed by atoms with Crippen molar-refractivity contribution in [3.05, 3.63) is 30.1 Å². The van der Waals surface area contributed by atoms with Crippen molar-refractivity contribution in [2.45, 2.75) is 44.8 Å². The molecule has 3 rings (SSSR count). The van der Waals surface area contributed by atoms with Crippen LogP contribution in [0.3, 0.4) is 0 Å². The number of fused-ring (bicyclic) bond motifs is 1. The zero-order valence-electron chi connectivity index (χ0n) is 14.8. The average molecular weight is 362 g/mol. The van der Waals surface area contributed by atoms with Crippen LogP contribution in [0.4, 0.5) is 14.9 Å². The summed E-state index contributed by atoms with van der Waals surface area (Å²) in [4.78, 5) is 38.6. The molecule has 8 heteroatoms. The highest BCUT2D eigenvalue weighted by Gasteiger charge is 2.46. The molecule has 7 nitrogen and oxygen atoms in total. The highest BCUT2D eigenvalue weighted by atomic mass is 19.1. The normalized spacial score (nSPS) is 25.1. The molecule has 2 fully saturated rings. The molecular weight excluding hydrogens is 339 g/mol. The summed E-state index contributed by atoms with van der Waals surface area (Å²) >= 11 is 0. The lowest BCUT2D eigenvalue weighted by atomic mass is 9.99. The predicted octanol–water partition coefficient (Wildman–Crippen LogP) is 1.46. The third kappa shape index (κ3) is 3.95. The maximum Gasteiger partial charge on any atom is 0.319 e. The molecule has 2 aliphatic heterocycles. The summed E-state index contributed by atoms with van der Waals surface area (Å²) < 4.78 is 12.9. The van der Waals surface area contributed by atoms with E-state index in [2.05, 4.69) is 16.0 Å². The Balaban J connectivity index is 1.58. The van der Waals surface area contributed by atoms with Gasteiger partial charge in [0.2, 0.25) is 11.8 Å². The summed E-state index contributed by atoms with van der Waals surface area (Å²) in [6.07, 6.45) is 0.972. The van der Waals surface area contributed by atoms with Crippen molar-refractivity contribution in [3.63, 3.8) is 0 Å². The van der Waals surface area contributed by atoms with Crippen LogP contribution in [0.1, 0.15) is 26.7 Å². The van der Waals surface area contributed by atoms with Crippen molar-refractivity contribution >= 4 is 23.5 Å². The second-order valence-corrected chi connectivity index (χ2v) is 7.24. The lowest BCUT2D eigenvalue weighted by Crippen LogP contribution is -2.61. The highest BCUT2D eigenvalue weighted by molar-refractivity contribution is 5.98. The number of carbonyl (C=O) groups is 3. The molecule has 0 unspecified atom stereocenters. The molecule has 0 aliphatic carbocycles. The number of anilines is 1. The Bertz CT molecular complexity index is 707. The average Bonchev–Trinajstić information content (AvgIpc) is 2.98. The summed E-state index contributed by atoms with van der Waals surface area (Å²) in [6.45, 7) is 4.31. The van der Waals surface area contributed by atoms with Crippen molar-refractivity contribution in [2.24, 2.45) is 5.92 Å². The maximum absolute atomic E-state index is 12.9. The van der Waals surface area contributed by atoms with E-state index in [4.69, 9.17) is 0 Å². The van der Waals surface area contributed by atoms with Crippen molar-refractivity contribution in [1.82, 2.24) is 15.5 Å². The first kappa shape index (κ1) is 18.2. The lowest BCUT2D eigenvalue weighted by Gasteiger charge is -2.35. The van der Waals surface area contributed by atoms with Crippen LogP contribution in [0.15, 0.2) is 24.3 Å². The summed E-state index contributed by atoms with van der Waals surface area (Å²) in [5.41, 5.74) is 0.463. The zero-order chi connectivity index (χ0) is 18.8. The van der Waals surface area contributed by atoms with E-state index in [9.17, 15) is 18.8 Å². The van der Waals surface area contributed by atoms with Gasteiger partial charge in [-0.15, -0.1) is 0 Å². The van der Waals surface area contributed by atoms with Crippen molar-refractivity contribution < 1.29 is 18.8 Å². The van der Waals surface area contributed by atoms with Gasteiger partial charge >= 0.3 is 6.03 Å². The molecule has 2 saturated heterocycles. The monoisotopic (exact) mass is 362 g/mol. The van der Waals surface area contributed by atoms with Crippen LogP contribution in [0.5, 0.6) is 0 Å². The Morgan fingerprint density at radius 2 is 2.00 bits per heavy atom. The SMILES string of the molecule is CC(C)C[C@H]1NC(=O)[C@@H]2C[C@H](NC(=O)Nc3ccc(F)cc3)CN2C1=O. The minimum atomic E-state index is -0.540. The molecule has 140 valence electrons. The molecule has 0 spiro atoms. The van der Waals surface area contributed by atoms with Crippen LogP contribution in [-0.2, 0) is 9.59 Å². The van der Waals surface area contributed by atoms with Gasteiger partial charge in [0, 0.05) is 12.2 Å². The first-order valence-electron chi connectivity index (χ1n) is 8.77. The summed E-state index contributed by atoms with van der Waals surface area (Å²) in [6, 6.07) is 3.63. The van der Waals surface area contributed by atoms with E-state index in [0.29, 0.717) is 31.0 Å². The third-order valence-corrected chi connectivity index (χ3v) is 4.65.